The van der Waals surface area contributed by atoms with Crippen LogP contribution < -0.4 is 10.1 Å². The third-order valence-electron chi connectivity index (χ3n) is 5.52. The second-order valence-corrected chi connectivity index (χ2v) is 7.45. The van der Waals surface area contributed by atoms with E-state index in [-0.39, 0.29) is 24.3 Å². The molecule has 1 atom stereocenters. The summed E-state index contributed by atoms with van der Waals surface area (Å²) in [6, 6.07) is 22.4. The molecule has 0 radical (unpaired) electrons. The standard InChI is InChI=1S/C25H24N2O3/c1-17-7-3-6-10-22(17)26-24(28)15-23(18-11-13-20(30-2)14-12-18)27-16-19-8-4-5-9-21(19)25(27)29/h3-14,23H,15-16H2,1-2H3,(H,26,28)/t23-/m1/s1. The molecule has 0 aliphatic carbocycles. The second-order valence-electron chi connectivity index (χ2n) is 7.45. The minimum Gasteiger partial charge on any atom is -0.497 e. The number of para-hydroxylation sites is 1. The highest BCUT2D eigenvalue weighted by molar-refractivity contribution is 5.99. The molecule has 1 aliphatic rings. The number of aryl methyl sites for hydroxylation is 1. The maximum atomic E-state index is 13.1. The van der Waals surface area contributed by atoms with Crippen molar-refractivity contribution >= 4 is 17.5 Å². The number of anilines is 1. The van der Waals surface area contributed by atoms with Crippen LogP contribution >= 0.6 is 0 Å². The fourth-order valence-corrected chi connectivity index (χ4v) is 3.85. The summed E-state index contributed by atoms with van der Waals surface area (Å²) < 4.78 is 5.26. The number of benzene rings is 3. The Morgan fingerprint density at radius 2 is 1.73 bits per heavy atom. The van der Waals surface area contributed by atoms with E-state index in [2.05, 4.69) is 5.32 Å². The van der Waals surface area contributed by atoms with Gasteiger partial charge >= 0.3 is 0 Å². The third-order valence-corrected chi connectivity index (χ3v) is 5.52. The van der Waals surface area contributed by atoms with E-state index in [1.54, 1.807) is 12.0 Å². The Hall–Kier alpha value is -3.60. The van der Waals surface area contributed by atoms with Crippen molar-refractivity contribution in [1.29, 1.82) is 0 Å². The maximum Gasteiger partial charge on any atom is 0.255 e. The van der Waals surface area contributed by atoms with Crippen LogP contribution in [0.1, 0.15) is 39.5 Å². The molecule has 3 aromatic rings. The van der Waals surface area contributed by atoms with Crippen LogP contribution in [0.5, 0.6) is 5.75 Å². The van der Waals surface area contributed by atoms with Crippen molar-refractivity contribution in [1.82, 2.24) is 4.90 Å². The average Bonchev–Trinajstić information content (AvgIpc) is 3.10. The third kappa shape index (κ3) is 3.92. The Morgan fingerprint density at radius 1 is 1.03 bits per heavy atom. The van der Waals surface area contributed by atoms with Crippen molar-refractivity contribution in [2.24, 2.45) is 0 Å². The van der Waals surface area contributed by atoms with Gasteiger partial charge in [-0.05, 0) is 47.9 Å². The highest BCUT2D eigenvalue weighted by Gasteiger charge is 2.34. The van der Waals surface area contributed by atoms with Gasteiger partial charge in [-0.2, -0.15) is 0 Å². The Kier molecular flexibility index (Phi) is 5.53. The summed E-state index contributed by atoms with van der Waals surface area (Å²) in [6.07, 6.45) is 0.167. The first-order chi connectivity index (χ1) is 14.6. The van der Waals surface area contributed by atoms with Gasteiger partial charge in [-0.1, -0.05) is 48.5 Å². The van der Waals surface area contributed by atoms with Crippen LogP contribution in [0, 0.1) is 6.92 Å². The summed E-state index contributed by atoms with van der Waals surface area (Å²) in [6.45, 7) is 2.44. The lowest BCUT2D eigenvalue weighted by Gasteiger charge is -2.28. The van der Waals surface area contributed by atoms with Gasteiger partial charge in [-0.25, -0.2) is 0 Å². The van der Waals surface area contributed by atoms with Crippen molar-refractivity contribution in [3.63, 3.8) is 0 Å². The zero-order valence-corrected chi connectivity index (χ0v) is 17.1. The molecule has 30 heavy (non-hydrogen) atoms. The summed E-state index contributed by atoms with van der Waals surface area (Å²) in [5.41, 5.74) is 4.37. The fourth-order valence-electron chi connectivity index (χ4n) is 3.85. The van der Waals surface area contributed by atoms with Gasteiger partial charge in [0.05, 0.1) is 19.6 Å². The first kappa shape index (κ1) is 19.7. The number of hydrogen-bond acceptors (Lipinski definition) is 3. The number of methoxy groups -OCH3 is 1. The monoisotopic (exact) mass is 400 g/mol. The predicted octanol–water partition coefficient (Wildman–Crippen LogP) is 4.73. The van der Waals surface area contributed by atoms with Gasteiger partial charge in [0.15, 0.2) is 0 Å². The van der Waals surface area contributed by atoms with Crippen LogP contribution in [0.25, 0.3) is 0 Å². The molecule has 1 N–H and O–H groups in total. The smallest absolute Gasteiger partial charge is 0.255 e. The molecule has 0 bridgehead atoms. The Morgan fingerprint density at radius 3 is 2.43 bits per heavy atom. The van der Waals surface area contributed by atoms with Crippen LogP contribution in [0.4, 0.5) is 5.69 Å². The quantitative estimate of drug-likeness (QED) is 0.651. The molecule has 0 saturated carbocycles. The van der Waals surface area contributed by atoms with Crippen LogP contribution in [0.15, 0.2) is 72.8 Å². The van der Waals surface area contributed by atoms with Crippen molar-refractivity contribution in [2.45, 2.75) is 25.9 Å². The SMILES string of the molecule is COc1ccc([C@@H](CC(=O)Nc2ccccc2C)N2Cc3ccccc3C2=O)cc1. The van der Waals surface area contributed by atoms with Gasteiger partial charge in [-0.15, -0.1) is 0 Å². The Bertz CT molecular complexity index is 1080. The molecular weight excluding hydrogens is 376 g/mol. The molecule has 3 aromatic carbocycles. The molecule has 1 aliphatic heterocycles. The highest BCUT2D eigenvalue weighted by Crippen LogP contribution is 2.34. The number of fused-ring (bicyclic) bond motifs is 1. The van der Waals surface area contributed by atoms with E-state index in [4.69, 9.17) is 4.74 Å². The number of rotatable bonds is 6. The molecule has 0 unspecified atom stereocenters. The average molecular weight is 400 g/mol. The number of nitrogens with zero attached hydrogens (tertiary/aromatic N) is 1. The molecule has 0 spiro atoms. The van der Waals surface area contributed by atoms with E-state index >= 15 is 0 Å². The van der Waals surface area contributed by atoms with Crippen molar-refractivity contribution in [3.8, 4) is 5.75 Å². The number of ether oxygens (including phenoxy) is 1. The highest BCUT2D eigenvalue weighted by atomic mass is 16.5. The van der Waals surface area contributed by atoms with Crippen LogP contribution in [-0.2, 0) is 11.3 Å². The van der Waals surface area contributed by atoms with Crippen LogP contribution in [0.2, 0.25) is 0 Å². The van der Waals surface area contributed by atoms with Crippen molar-refractivity contribution in [3.05, 3.63) is 95.1 Å². The minimum absolute atomic E-state index is 0.0462. The van der Waals surface area contributed by atoms with Crippen molar-refractivity contribution < 1.29 is 14.3 Å². The second kappa shape index (κ2) is 8.41. The summed E-state index contributed by atoms with van der Waals surface area (Å²) in [5.74, 6) is 0.557. The minimum atomic E-state index is -0.375. The van der Waals surface area contributed by atoms with Gasteiger partial charge in [0.25, 0.3) is 5.91 Å². The summed E-state index contributed by atoms with van der Waals surface area (Å²) in [7, 11) is 1.61. The molecule has 1 heterocycles. The van der Waals surface area contributed by atoms with Gasteiger partial charge in [0.2, 0.25) is 5.91 Å². The fraction of sp³-hybridized carbons (Fsp3) is 0.200. The van der Waals surface area contributed by atoms with Crippen LogP contribution in [-0.4, -0.2) is 23.8 Å². The Labute approximate surface area is 176 Å². The molecule has 0 saturated heterocycles. The lowest BCUT2D eigenvalue weighted by Crippen LogP contribution is -2.32. The van der Waals surface area contributed by atoms with E-state index in [1.807, 2.05) is 79.7 Å². The maximum absolute atomic E-state index is 13.1. The zero-order valence-electron chi connectivity index (χ0n) is 17.1. The van der Waals surface area contributed by atoms with E-state index in [9.17, 15) is 9.59 Å². The zero-order chi connectivity index (χ0) is 21.1. The molecule has 4 rings (SSSR count). The molecule has 5 nitrogen and oxygen atoms in total. The lowest BCUT2D eigenvalue weighted by atomic mass is 10.0. The summed E-state index contributed by atoms with van der Waals surface area (Å²) in [5, 5.41) is 2.99. The van der Waals surface area contributed by atoms with Gasteiger partial charge in [0.1, 0.15) is 5.75 Å². The number of hydrogen-bond donors (Lipinski definition) is 1. The first-order valence-corrected chi connectivity index (χ1v) is 9.95. The summed E-state index contributed by atoms with van der Waals surface area (Å²) >= 11 is 0. The normalized spacial score (nSPS) is 13.7. The van der Waals surface area contributed by atoms with Gasteiger partial charge < -0.3 is 15.0 Å². The molecule has 0 fully saturated rings. The van der Waals surface area contributed by atoms with Crippen molar-refractivity contribution in [2.75, 3.05) is 12.4 Å². The van der Waals surface area contributed by atoms with Crippen LogP contribution in [0.3, 0.4) is 0 Å². The van der Waals surface area contributed by atoms with E-state index < -0.39 is 0 Å². The molecule has 152 valence electrons. The Balaban J connectivity index is 1.61. The first-order valence-electron chi connectivity index (χ1n) is 9.95. The molecule has 0 aromatic heterocycles. The van der Waals surface area contributed by atoms with E-state index in [0.29, 0.717) is 12.1 Å². The molecule has 2 amide bonds. The van der Waals surface area contributed by atoms with Gasteiger partial charge in [0, 0.05) is 17.8 Å². The summed E-state index contributed by atoms with van der Waals surface area (Å²) in [4.78, 5) is 27.8. The topological polar surface area (TPSA) is 58.6 Å². The molecule has 5 heteroatoms. The largest absolute Gasteiger partial charge is 0.497 e. The number of carbonyl (C=O) groups excluding carboxylic acids is 2. The number of carbonyl (C=O) groups is 2. The lowest BCUT2D eigenvalue weighted by molar-refractivity contribution is -0.117. The van der Waals surface area contributed by atoms with Gasteiger partial charge in [-0.3, -0.25) is 9.59 Å². The molecular formula is C25H24N2O3. The van der Waals surface area contributed by atoms with E-state index in [0.717, 1.165) is 28.1 Å². The van der Waals surface area contributed by atoms with E-state index in [1.165, 1.54) is 0 Å². The number of amides is 2. The predicted molar refractivity (Wildman–Crippen MR) is 116 cm³/mol. The number of nitrogens with one attached hydrogen (secondary N) is 1.